The van der Waals surface area contributed by atoms with E-state index in [1.54, 1.807) is 27.7 Å². The van der Waals surface area contributed by atoms with Crippen molar-refractivity contribution in [3.05, 3.63) is 12.7 Å². The largest absolute Gasteiger partial charge is 0.461 e. The Morgan fingerprint density at radius 1 is 1.11 bits per heavy atom. The molecule has 2 aliphatic rings. The molecule has 0 bridgehead atoms. The minimum absolute atomic E-state index is 0.207. The Hall–Kier alpha value is -1.23. The van der Waals surface area contributed by atoms with E-state index in [-0.39, 0.29) is 19.3 Å². The van der Waals surface area contributed by atoms with Crippen molar-refractivity contribution < 1.29 is 43.0 Å². The van der Waals surface area contributed by atoms with Crippen LogP contribution >= 0.6 is 11.6 Å². The molecule has 0 aliphatic carbocycles. The predicted molar refractivity (Wildman–Crippen MR) is 96.2 cm³/mol. The van der Waals surface area contributed by atoms with Gasteiger partial charge in [-0.2, -0.15) is 0 Å². The van der Waals surface area contributed by atoms with Crippen molar-refractivity contribution in [2.24, 2.45) is 0 Å². The smallest absolute Gasteiger partial charge is 0.330 e. The number of carbonyl (C=O) groups excluding carboxylic acids is 2. The van der Waals surface area contributed by atoms with E-state index in [0.29, 0.717) is 0 Å². The summed E-state index contributed by atoms with van der Waals surface area (Å²) in [4.78, 5) is 34.0. The monoisotopic (exact) mass is 422 g/mol. The fourth-order valence-electron chi connectivity index (χ4n) is 2.89. The van der Waals surface area contributed by atoms with Gasteiger partial charge in [-0.3, -0.25) is 4.79 Å². The van der Waals surface area contributed by atoms with Gasteiger partial charge in [-0.05, 0) is 34.6 Å². The lowest BCUT2D eigenvalue weighted by Gasteiger charge is -2.37. The van der Waals surface area contributed by atoms with Crippen molar-refractivity contribution in [1.29, 1.82) is 0 Å². The van der Waals surface area contributed by atoms with E-state index in [2.05, 4.69) is 6.58 Å². The number of alkyl halides is 1. The van der Waals surface area contributed by atoms with Gasteiger partial charge in [-0.15, -0.1) is 11.6 Å². The summed E-state index contributed by atoms with van der Waals surface area (Å²) in [6.07, 6.45) is -1.27. The zero-order valence-electron chi connectivity index (χ0n) is 16.6. The van der Waals surface area contributed by atoms with Gasteiger partial charge < -0.3 is 23.7 Å². The maximum Gasteiger partial charge on any atom is 0.330 e. The van der Waals surface area contributed by atoms with Crippen LogP contribution < -0.4 is 0 Å². The van der Waals surface area contributed by atoms with Gasteiger partial charge in [-0.25, -0.2) is 14.6 Å². The number of esters is 2. The number of rotatable bonds is 6. The lowest BCUT2D eigenvalue weighted by molar-refractivity contribution is -0.461. The molecule has 2 fully saturated rings. The Balaban J connectivity index is 2.02. The van der Waals surface area contributed by atoms with Crippen molar-refractivity contribution in [3.63, 3.8) is 0 Å². The van der Waals surface area contributed by atoms with Crippen LogP contribution in [0.25, 0.3) is 0 Å². The minimum Gasteiger partial charge on any atom is -0.461 e. The molecule has 10 heteroatoms. The van der Waals surface area contributed by atoms with Gasteiger partial charge in [0.15, 0.2) is 23.1 Å². The van der Waals surface area contributed by atoms with Crippen LogP contribution in [-0.2, 0) is 43.0 Å². The Kier molecular flexibility index (Phi) is 7.46. The first kappa shape index (κ1) is 23.1. The second-order valence-corrected chi connectivity index (χ2v) is 7.96. The quantitative estimate of drug-likeness (QED) is 0.275. The van der Waals surface area contributed by atoms with Gasteiger partial charge in [0.25, 0.3) is 0 Å². The first-order valence-electron chi connectivity index (χ1n) is 8.92. The standard InChI is InChI=1S/C18H27ClO9/c1-7-13(20)22-8-11(19)16(21)23-9-12-15-14(25-17(3,4)26-15)10(2)24-18(5,6)28-27-12/h7,10-12,14-15H,1,8-9H2,2-6H3. The predicted octanol–water partition coefficient (Wildman–Crippen LogP) is 1.86. The van der Waals surface area contributed by atoms with Gasteiger partial charge in [0.2, 0.25) is 0 Å². The molecular formula is C18H27ClO9. The third-order valence-electron chi connectivity index (χ3n) is 4.02. The normalized spacial score (nSPS) is 32.4. The topological polar surface area (TPSA) is 98.8 Å². The number of halogens is 1. The highest BCUT2D eigenvalue weighted by molar-refractivity contribution is 6.30. The fourth-order valence-corrected chi connectivity index (χ4v) is 3.02. The summed E-state index contributed by atoms with van der Waals surface area (Å²) < 4.78 is 27.6. The highest BCUT2D eigenvalue weighted by Crippen LogP contribution is 2.37. The first-order valence-corrected chi connectivity index (χ1v) is 9.35. The van der Waals surface area contributed by atoms with Crippen LogP contribution in [0.2, 0.25) is 0 Å². The van der Waals surface area contributed by atoms with Gasteiger partial charge in [0.1, 0.15) is 25.4 Å². The lowest BCUT2D eigenvalue weighted by atomic mass is 10.0. The fraction of sp³-hybridized carbons (Fsp3) is 0.778. The number of hydrogen-bond donors (Lipinski definition) is 0. The summed E-state index contributed by atoms with van der Waals surface area (Å²) in [6.45, 7) is 11.5. The second kappa shape index (κ2) is 9.06. The number of ether oxygens (including phenoxy) is 5. The van der Waals surface area contributed by atoms with Crippen LogP contribution in [0, 0.1) is 0 Å². The Labute approximate surface area is 169 Å². The summed E-state index contributed by atoms with van der Waals surface area (Å²) in [5, 5.41) is -1.18. The summed E-state index contributed by atoms with van der Waals surface area (Å²) in [6, 6.07) is 0. The highest BCUT2D eigenvalue weighted by Gasteiger charge is 2.52. The van der Waals surface area contributed by atoms with Crippen LogP contribution in [0.5, 0.6) is 0 Å². The molecule has 5 unspecified atom stereocenters. The molecule has 0 aromatic carbocycles. The van der Waals surface area contributed by atoms with Crippen molar-refractivity contribution in [2.45, 2.75) is 76.0 Å². The highest BCUT2D eigenvalue weighted by atomic mass is 35.5. The molecule has 2 saturated heterocycles. The van der Waals surface area contributed by atoms with Crippen LogP contribution in [-0.4, -0.2) is 66.5 Å². The van der Waals surface area contributed by atoms with Crippen LogP contribution in [0.4, 0.5) is 0 Å². The van der Waals surface area contributed by atoms with Gasteiger partial charge in [0.05, 0.1) is 6.10 Å². The molecule has 0 aromatic heterocycles. The summed E-state index contributed by atoms with van der Waals surface area (Å²) in [5.74, 6) is -3.38. The zero-order valence-corrected chi connectivity index (χ0v) is 17.4. The zero-order chi connectivity index (χ0) is 21.1. The molecule has 9 nitrogen and oxygen atoms in total. The van der Waals surface area contributed by atoms with Crippen molar-refractivity contribution >= 4 is 23.5 Å². The molecule has 28 heavy (non-hydrogen) atoms. The molecule has 2 aliphatic heterocycles. The maximum absolute atomic E-state index is 12.1. The van der Waals surface area contributed by atoms with E-state index in [1.807, 2.05) is 6.92 Å². The molecule has 160 valence electrons. The van der Waals surface area contributed by atoms with Crippen molar-refractivity contribution in [2.75, 3.05) is 13.2 Å². The molecule has 0 saturated carbocycles. The molecule has 0 radical (unpaired) electrons. The van der Waals surface area contributed by atoms with E-state index in [4.69, 9.17) is 45.1 Å². The average molecular weight is 423 g/mol. The summed E-state index contributed by atoms with van der Waals surface area (Å²) in [5.41, 5.74) is 0. The Morgan fingerprint density at radius 2 is 1.75 bits per heavy atom. The van der Waals surface area contributed by atoms with E-state index >= 15 is 0 Å². The molecule has 5 atom stereocenters. The minimum atomic E-state index is -1.18. The Bertz CT molecular complexity index is 592. The van der Waals surface area contributed by atoms with Crippen LogP contribution in [0.1, 0.15) is 34.6 Å². The SMILES string of the molecule is C=CC(=O)OCC(Cl)C(=O)OCC1OOC(C)(C)OC(C)C2OC(C)(C)OC12. The van der Waals surface area contributed by atoms with E-state index in [1.165, 1.54) is 0 Å². The molecule has 0 amide bonds. The molecule has 2 rings (SSSR count). The molecule has 0 spiro atoms. The molecule has 2 heterocycles. The number of carbonyl (C=O) groups is 2. The maximum atomic E-state index is 12.1. The van der Waals surface area contributed by atoms with Gasteiger partial charge >= 0.3 is 11.9 Å². The van der Waals surface area contributed by atoms with Crippen LogP contribution in [0.15, 0.2) is 12.7 Å². The van der Waals surface area contributed by atoms with Crippen LogP contribution in [0.3, 0.4) is 0 Å². The van der Waals surface area contributed by atoms with E-state index in [9.17, 15) is 9.59 Å². The average Bonchev–Trinajstić information content (AvgIpc) is 2.93. The van der Waals surface area contributed by atoms with Crippen molar-refractivity contribution in [1.82, 2.24) is 0 Å². The summed E-state index contributed by atoms with van der Waals surface area (Å²) in [7, 11) is 0. The molecule has 0 N–H and O–H groups in total. The first-order chi connectivity index (χ1) is 12.9. The van der Waals surface area contributed by atoms with E-state index in [0.717, 1.165) is 6.08 Å². The number of fused-ring (bicyclic) bond motifs is 1. The Morgan fingerprint density at radius 3 is 2.39 bits per heavy atom. The summed E-state index contributed by atoms with van der Waals surface area (Å²) >= 11 is 5.90. The molecular weight excluding hydrogens is 396 g/mol. The third-order valence-corrected chi connectivity index (χ3v) is 4.32. The van der Waals surface area contributed by atoms with Crippen molar-refractivity contribution in [3.8, 4) is 0 Å². The lowest BCUT2D eigenvalue weighted by Crippen LogP contribution is -2.52. The number of hydrogen-bond acceptors (Lipinski definition) is 9. The third kappa shape index (κ3) is 6.13. The van der Waals surface area contributed by atoms with E-state index < -0.39 is 47.2 Å². The second-order valence-electron chi connectivity index (χ2n) is 7.44. The molecule has 0 aromatic rings. The van der Waals surface area contributed by atoms with Gasteiger partial charge in [-0.1, -0.05) is 6.58 Å². The van der Waals surface area contributed by atoms with Gasteiger partial charge in [0, 0.05) is 6.08 Å².